The minimum absolute atomic E-state index is 0.319. The number of carbonyl (C=O) groups is 1. The third-order valence-corrected chi connectivity index (χ3v) is 6.27. The molecule has 6 heteroatoms. The van der Waals surface area contributed by atoms with Crippen LogP contribution in [0.25, 0.3) is 11.0 Å². The van der Waals surface area contributed by atoms with Crippen molar-refractivity contribution in [3.8, 4) is 5.75 Å². The smallest absolute Gasteiger partial charge is 0.336 e. The average molecular weight is 428 g/mol. The second kappa shape index (κ2) is 8.38. The molecule has 5 rings (SSSR count). The third kappa shape index (κ3) is 3.80. The van der Waals surface area contributed by atoms with Crippen LogP contribution in [0.1, 0.15) is 40.2 Å². The quantitative estimate of drug-likeness (QED) is 0.419. The topological polar surface area (TPSA) is 75.8 Å². The SMILES string of the molecule is CN(c1ccc2c(c1)OCC[C@H]2CCc1cnccc1C(=O)O)c1ccc2ccoc2c1. The van der Waals surface area contributed by atoms with E-state index in [4.69, 9.17) is 9.15 Å². The van der Waals surface area contributed by atoms with E-state index in [0.29, 0.717) is 24.5 Å². The van der Waals surface area contributed by atoms with Crippen LogP contribution in [0, 0.1) is 0 Å². The van der Waals surface area contributed by atoms with E-state index < -0.39 is 5.97 Å². The molecule has 1 N–H and O–H groups in total. The summed E-state index contributed by atoms with van der Waals surface area (Å²) in [7, 11) is 2.03. The number of hydrogen-bond acceptors (Lipinski definition) is 5. The fourth-order valence-corrected chi connectivity index (χ4v) is 4.43. The fourth-order valence-electron chi connectivity index (χ4n) is 4.43. The summed E-state index contributed by atoms with van der Waals surface area (Å²) < 4.78 is 11.5. The maximum Gasteiger partial charge on any atom is 0.336 e. The van der Waals surface area contributed by atoms with Crippen molar-refractivity contribution in [3.63, 3.8) is 0 Å². The number of rotatable bonds is 6. The molecule has 2 aromatic carbocycles. The van der Waals surface area contributed by atoms with E-state index >= 15 is 0 Å². The highest BCUT2D eigenvalue weighted by Crippen LogP contribution is 2.40. The van der Waals surface area contributed by atoms with Gasteiger partial charge in [-0.15, -0.1) is 0 Å². The summed E-state index contributed by atoms with van der Waals surface area (Å²) in [5.74, 6) is 0.309. The lowest BCUT2D eigenvalue weighted by Crippen LogP contribution is -2.17. The standard InChI is InChI=1S/C26H24N2O4/c1-28(20-5-4-18-10-13-31-24(18)14-20)21-6-7-22-17(9-12-32-25(22)15-21)2-3-19-16-27-11-8-23(19)26(29)30/h4-8,10-11,13-17H,2-3,9,12H2,1H3,(H,29,30)/t17-/m1/s1. The zero-order valence-electron chi connectivity index (χ0n) is 17.8. The number of carboxylic acids is 1. The maximum absolute atomic E-state index is 11.5. The molecule has 2 aromatic heterocycles. The molecule has 1 aliphatic heterocycles. The Bertz CT molecular complexity index is 1280. The van der Waals surface area contributed by atoms with Crippen molar-refractivity contribution in [1.82, 2.24) is 4.98 Å². The Labute approximate surface area is 186 Å². The minimum atomic E-state index is -0.907. The van der Waals surface area contributed by atoms with Crippen molar-refractivity contribution in [2.75, 3.05) is 18.6 Å². The summed E-state index contributed by atoms with van der Waals surface area (Å²) in [5.41, 5.74) is 5.22. The van der Waals surface area contributed by atoms with Crippen molar-refractivity contribution in [2.45, 2.75) is 25.2 Å². The molecule has 1 aliphatic rings. The first kappa shape index (κ1) is 20.1. The van der Waals surface area contributed by atoms with E-state index in [2.05, 4.69) is 40.2 Å². The molecule has 0 bridgehead atoms. The van der Waals surface area contributed by atoms with E-state index in [-0.39, 0.29) is 0 Å². The molecule has 0 saturated heterocycles. The Kier molecular flexibility index (Phi) is 5.27. The van der Waals surface area contributed by atoms with Crippen molar-refractivity contribution < 1.29 is 19.1 Å². The van der Waals surface area contributed by atoms with E-state index in [0.717, 1.165) is 46.5 Å². The number of furan rings is 1. The van der Waals surface area contributed by atoms with Gasteiger partial charge >= 0.3 is 5.97 Å². The Morgan fingerprint density at radius 1 is 1.16 bits per heavy atom. The zero-order valence-corrected chi connectivity index (χ0v) is 17.8. The second-order valence-corrected chi connectivity index (χ2v) is 8.13. The first-order chi connectivity index (χ1) is 15.6. The maximum atomic E-state index is 11.5. The molecule has 0 aliphatic carbocycles. The molecule has 162 valence electrons. The van der Waals surface area contributed by atoms with Gasteiger partial charge in [0.05, 0.1) is 18.4 Å². The van der Waals surface area contributed by atoms with Gasteiger partial charge in [-0.1, -0.05) is 6.07 Å². The minimum Gasteiger partial charge on any atom is -0.493 e. The predicted molar refractivity (Wildman–Crippen MR) is 123 cm³/mol. The molecule has 0 radical (unpaired) electrons. The van der Waals surface area contributed by atoms with Gasteiger partial charge in [0.1, 0.15) is 11.3 Å². The average Bonchev–Trinajstić information content (AvgIpc) is 3.30. The van der Waals surface area contributed by atoms with Gasteiger partial charge in [0.15, 0.2) is 0 Å². The highest BCUT2D eigenvalue weighted by molar-refractivity contribution is 5.89. The van der Waals surface area contributed by atoms with Gasteiger partial charge < -0.3 is 19.2 Å². The lowest BCUT2D eigenvalue weighted by atomic mass is 9.87. The molecule has 1 atom stereocenters. The summed E-state index contributed by atoms with van der Waals surface area (Å²) in [6.45, 7) is 0.655. The molecule has 0 saturated carbocycles. The van der Waals surface area contributed by atoms with E-state index in [1.807, 2.05) is 19.2 Å². The van der Waals surface area contributed by atoms with Crippen LogP contribution in [-0.4, -0.2) is 29.7 Å². The Balaban J connectivity index is 1.36. The highest BCUT2D eigenvalue weighted by Gasteiger charge is 2.23. The van der Waals surface area contributed by atoms with Crippen LogP contribution in [-0.2, 0) is 6.42 Å². The largest absolute Gasteiger partial charge is 0.493 e. The summed E-state index contributed by atoms with van der Waals surface area (Å²) >= 11 is 0. The van der Waals surface area contributed by atoms with Crippen LogP contribution in [0.15, 0.2) is 71.6 Å². The summed E-state index contributed by atoms with van der Waals surface area (Å²) in [5, 5.41) is 10.5. The Morgan fingerprint density at radius 2 is 2.00 bits per heavy atom. The molecule has 0 amide bonds. The molecular formula is C26H24N2O4. The Hall–Kier alpha value is -3.80. The van der Waals surface area contributed by atoms with Crippen molar-refractivity contribution in [2.24, 2.45) is 0 Å². The number of anilines is 2. The molecule has 0 fully saturated rings. The summed E-state index contributed by atoms with van der Waals surface area (Å²) in [6.07, 6.45) is 7.33. The first-order valence-corrected chi connectivity index (χ1v) is 10.7. The second-order valence-electron chi connectivity index (χ2n) is 8.13. The van der Waals surface area contributed by atoms with E-state index in [1.54, 1.807) is 18.5 Å². The van der Waals surface area contributed by atoms with Crippen molar-refractivity contribution in [3.05, 3.63) is 83.9 Å². The summed E-state index contributed by atoms with van der Waals surface area (Å²) in [6, 6.07) is 16.0. The van der Waals surface area contributed by atoms with Gasteiger partial charge in [-0.05, 0) is 66.6 Å². The third-order valence-electron chi connectivity index (χ3n) is 6.27. The number of aryl methyl sites for hydroxylation is 1. The molecule has 32 heavy (non-hydrogen) atoms. The molecule has 3 heterocycles. The molecule has 4 aromatic rings. The van der Waals surface area contributed by atoms with Crippen molar-refractivity contribution >= 4 is 28.3 Å². The predicted octanol–water partition coefficient (Wildman–Crippen LogP) is 5.79. The number of aromatic nitrogens is 1. The van der Waals surface area contributed by atoms with Gasteiger partial charge in [-0.3, -0.25) is 4.98 Å². The first-order valence-electron chi connectivity index (χ1n) is 10.7. The molecule has 6 nitrogen and oxygen atoms in total. The zero-order chi connectivity index (χ0) is 22.1. The number of ether oxygens (including phenoxy) is 1. The lowest BCUT2D eigenvalue weighted by molar-refractivity contribution is 0.0695. The number of nitrogens with zero attached hydrogens (tertiary/aromatic N) is 2. The highest BCUT2D eigenvalue weighted by atomic mass is 16.5. The van der Waals surface area contributed by atoms with E-state index in [1.165, 1.54) is 11.8 Å². The number of aromatic carboxylic acids is 1. The normalized spacial score (nSPS) is 15.2. The van der Waals surface area contributed by atoms with Crippen LogP contribution < -0.4 is 9.64 Å². The Morgan fingerprint density at radius 3 is 2.88 bits per heavy atom. The number of carboxylic acid groups (broad SMARTS) is 1. The van der Waals surface area contributed by atoms with Crippen LogP contribution in [0.4, 0.5) is 11.4 Å². The fraction of sp³-hybridized carbons (Fsp3) is 0.231. The van der Waals surface area contributed by atoms with Gasteiger partial charge in [0, 0.05) is 48.3 Å². The van der Waals surface area contributed by atoms with Crippen LogP contribution in [0.5, 0.6) is 5.75 Å². The van der Waals surface area contributed by atoms with Crippen LogP contribution >= 0.6 is 0 Å². The van der Waals surface area contributed by atoms with Crippen LogP contribution in [0.2, 0.25) is 0 Å². The molecular weight excluding hydrogens is 404 g/mol. The van der Waals surface area contributed by atoms with Gasteiger partial charge in [-0.2, -0.15) is 0 Å². The van der Waals surface area contributed by atoms with Gasteiger partial charge in [0.25, 0.3) is 0 Å². The molecule has 0 unspecified atom stereocenters. The summed E-state index contributed by atoms with van der Waals surface area (Å²) in [4.78, 5) is 17.7. The molecule has 0 spiro atoms. The van der Waals surface area contributed by atoms with Crippen molar-refractivity contribution in [1.29, 1.82) is 0 Å². The number of benzene rings is 2. The number of pyridine rings is 1. The number of fused-ring (bicyclic) bond motifs is 2. The monoisotopic (exact) mass is 428 g/mol. The van der Waals surface area contributed by atoms with Gasteiger partial charge in [0.2, 0.25) is 0 Å². The van der Waals surface area contributed by atoms with E-state index in [9.17, 15) is 9.90 Å². The number of hydrogen-bond donors (Lipinski definition) is 1. The van der Waals surface area contributed by atoms with Crippen LogP contribution in [0.3, 0.4) is 0 Å². The lowest BCUT2D eigenvalue weighted by Gasteiger charge is -2.28. The van der Waals surface area contributed by atoms with Gasteiger partial charge in [-0.25, -0.2) is 4.79 Å².